The first kappa shape index (κ1) is 17.9. The van der Waals surface area contributed by atoms with E-state index in [1.807, 2.05) is 12.2 Å². The summed E-state index contributed by atoms with van der Waals surface area (Å²) in [5, 5.41) is 8.32. The first-order valence-corrected chi connectivity index (χ1v) is 7.45. The molecule has 0 radical (unpaired) electrons. The van der Waals surface area contributed by atoms with Gasteiger partial charge in [-0.1, -0.05) is 6.42 Å². The lowest BCUT2D eigenvalue weighted by atomic mass is 10.3. The zero-order chi connectivity index (χ0) is 16.0. The van der Waals surface area contributed by atoms with Gasteiger partial charge >= 0.3 is 0 Å². The molecule has 0 aliphatic heterocycles. The van der Waals surface area contributed by atoms with Crippen LogP contribution in [0.25, 0.3) is 0 Å². The average Bonchev–Trinajstić information content (AvgIpc) is 2.54. The summed E-state index contributed by atoms with van der Waals surface area (Å²) in [6, 6.07) is 11.4. The van der Waals surface area contributed by atoms with Crippen molar-refractivity contribution in [3.05, 3.63) is 48.5 Å². The lowest BCUT2D eigenvalue weighted by Crippen LogP contribution is -2.01. The molecular formula is C16H12O6S. The highest BCUT2D eigenvalue weighted by Gasteiger charge is 2.17. The fraction of sp³-hybridized carbons (Fsp3) is 0. The first-order chi connectivity index (χ1) is 10.6. The van der Waals surface area contributed by atoms with E-state index >= 15 is 0 Å². The predicted molar refractivity (Wildman–Crippen MR) is 81.8 cm³/mol. The van der Waals surface area contributed by atoms with E-state index in [9.17, 15) is 8.42 Å². The number of benzene rings is 2. The Morgan fingerprint density at radius 2 is 1.30 bits per heavy atom. The Morgan fingerprint density at radius 3 is 1.70 bits per heavy atom. The molecular weight excluding hydrogens is 320 g/mol. The van der Waals surface area contributed by atoms with Gasteiger partial charge in [0.05, 0.1) is 9.79 Å². The second kappa shape index (κ2) is 7.76. The van der Waals surface area contributed by atoms with Crippen LogP contribution in [0.2, 0.25) is 0 Å². The number of hydrogen-bond acceptors (Lipinski definition) is 5. The molecule has 0 unspecified atom stereocenters. The van der Waals surface area contributed by atoms with E-state index in [1.54, 1.807) is 6.11 Å². The molecule has 0 aliphatic rings. The molecule has 6 nitrogen and oxygen atoms in total. The average molecular weight is 332 g/mol. The van der Waals surface area contributed by atoms with Gasteiger partial charge in [0, 0.05) is 0 Å². The molecule has 23 heavy (non-hydrogen) atoms. The maximum atomic E-state index is 12.4. The van der Waals surface area contributed by atoms with Crippen LogP contribution in [0.15, 0.2) is 58.3 Å². The van der Waals surface area contributed by atoms with Gasteiger partial charge in [0.1, 0.15) is 17.6 Å². The van der Waals surface area contributed by atoms with E-state index in [-0.39, 0.29) is 15.3 Å². The summed E-state index contributed by atoms with van der Waals surface area (Å²) >= 11 is 0. The van der Waals surface area contributed by atoms with Crippen molar-refractivity contribution in [2.75, 3.05) is 0 Å². The van der Waals surface area contributed by atoms with Crippen molar-refractivity contribution >= 4 is 9.84 Å². The predicted octanol–water partition coefficient (Wildman–Crippen LogP) is 1.33. The third-order valence-corrected chi connectivity index (χ3v) is 4.44. The maximum absolute atomic E-state index is 12.4. The van der Waals surface area contributed by atoms with Crippen molar-refractivity contribution in [2.45, 2.75) is 9.79 Å². The van der Waals surface area contributed by atoms with E-state index in [0.717, 1.165) is 0 Å². The maximum Gasteiger partial charge on any atom is 0.206 e. The van der Waals surface area contributed by atoms with Crippen LogP contribution in [0.1, 0.15) is 0 Å². The van der Waals surface area contributed by atoms with Crippen molar-refractivity contribution in [3.8, 4) is 36.2 Å². The van der Waals surface area contributed by atoms with Crippen LogP contribution in [-0.2, 0) is 9.84 Å². The second-order valence-electron chi connectivity index (χ2n) is 3.98. The molecule has 0 bridgehead atoms. The van der Waals surface area contributed by atoms with Crippen LogP contribution in [0.4, 0.5) is 0 Å². The topological polar surface area (TPSA) is 104 Å². The third kappa shape index (κ3) is 4.17. The van der Waals surface area contributed by atoms with Crippen LogP contribution < -0.4 is 9.47 Å². The summed E-state index contributed by atoms with van der Waals surface area (Å²) in [5.41, 5.74) is 0. The molecule has 0 saturated carbocycles. The number of ether oxygens (including phenoxy) is 2. The Hall–Kier alpha value is -3.13. The lowest BCUT2D eigenvalue weighted by molar-refractivity contribution is 0.475. The Bertz CT molecular complexity index is 850. The minimum absolute atomic E-state index is 0. The molecule has 7 heteroatoms. The van der Waals surface area contributed by atoms with Gasteiger partial charge in [-0.2, -0.15) is 0 Å². The smallest absolute Gasteiger partial charge is 0.206 e. The summed E-state index contributed by atoms with van der Waals surface area (Å²) in [4.78, 5) is 0.211. The monoisotopic (exact) mass is 332 g/mol. The van der Waals surface area contributed by atoms with Gasteiger partial charge in [0.25, 0.3) is 0 Å². The Kier molecular flexibility index (Phi) is 6.04. The summed E-state index contributed by atoms with van der Waals surface area (Å²) in [5.74, 6) is 0.700. The van der Waals surface area contributed by atoms with Crippen LogP contribution in [0.5, 0.6) is 11.5 Å². The molecule has 3 N–H and O–H groups in total. The summed E-state index contributed by atoms with van der Waals surface area (Å²) in [7, 11) is -3.66. The molecule has 2 aromatic carbocycles. The third-order valence-electron chi connectivity index (χ3n) is 2.66. The molecule has 2 rings (SSSR count). The number of hydrogen-bond donors (Lipinski definition) is 1. The number of aliphatic hydroxyl groups is 1. The van der Waals surface area contributed by atoms with Crippen molar-refractivity contribution in [1.29, 1.82) is 0 Å². The number of aliphatic hydroxyl groups excluding tert-OH is 1. The second-order valence-corrected chi connectivity index (χ2v) is 5.93. The quantitative estimate of drug-likeness (QED) is 0.851. The highest BCUT2D eigenvalue weighted by atomic mass is 32.2. The van der Waals surface area contributed by atoms with Gasteiger partial charge in [0.15, 0.2) is 12.2 Å². The first-order valence-electron chi connectivity index (χ1n) is 5.96. The highest BCUT2D eigenvalue weighted by molar-refractivity contribution is 7.91. The molecule has 0 saturated heterocycles. The Balaban J connectivity index is 0.00000264. The van der Waals surface area contributed by atoms with Gasteiger partial charge in [-0.05, 0) is 48.5 Å². The van der Waals surface area contributed by atoms with E-state index in [4.69, 9.17) is 21.0 Å². The number of sulfone groups is 1. The highest BCUT2D eigenvalue weighted by Crippen LogP contribution is 2.24. The molecule has 0 aromatic heterocycles. The van der Waals surface area contributed by atoms with E-state index in [1.165, 1.54) is 48.5 Å². The molecule has 0 spiro atoms. The molecule has 2 aromatic rings. The molecule has 0 fully saturated rings. The minimum Gasteiger partial charge on any atom is -0.460 e. The number of rotatable bonds is 4. The molecule has 0 amide bonds. The summed E-state index contributed by atoms with van der Waals surface area (Å²) in [6.45, 7) is 0. The Morgan fingerprint density at radius 1 is 0.870 bits per heavy atom. The lowest BCUT2D eigenvalue weighted by Gasteiger charge is -2.06. The van der Waals surface area contributed by atoms with E-state index in [0.29, 0.717) is 11.5 Å². The van der Waals surface area contributed by atoms with Crippen molar-refractivity contribution < 1.29 is 28.5 Å². The van der Waals surface area contributed by atoms with Crippen LogP contribution in [0.3, 0.4) is 0 Å². The fourth-order valence-electron chi connectivity index (χ4n) is 1.66. The van der Waals surface area contributed by atoms with Gasteiger partial charge in [-0.15, -0.1) is 0 Å². The fourth-order valence-corrected chi connectivity index (χ4v) is 2.92. The van der Waals surface area contributed by atoms with Crippen LogP contribution in [0, 0.1) is 24.7 Å². The Labute approximate surface area is 133 Å². The van der Waals surface area contributed by atoms with Gasteiger partial charge in [0.2, 0.25) is 9.84 Å². The molecule has 0 atom stereocenters. The van der Waals surface area contributed by atoms with E-state index in [2.05, 4.69) is 0 Å². The van der Waals surface area contributed by atoms with Crippen molar-refractivity contribution in [3.63, 3.8) is 0 Å². The summed E-state index contributed by atoms with van der Waals surface area (Å²) in [6.07, 6.45) is 10.6. The normalized spacial score (nSPS) is 9.52. The van der Waals surface area contributed by atoms with Crippen molar-refractivity contribution in [1.82, 2.24) is 0 Å². The van der Waals surface area contributed by atoms with Crippen molar-refractivity contribution in [2.24, 2.45) is 0 Å². The van der Waals surface area contributed by atoms with Crippen LogP contribution in [-0.4, -0.2) is 19.0 Å². The number of terminal acetylenes is 1. The molecule has 118 valence electrons. The standard InChI is InChI=1S/C16H10O5S.H2O/c1-2-20-13-3-7-15(8-4-13)22(18,19)16-9-5-14(6-10-16)21-12-11-17;/h1,3-10,17H;1H2. The zero-order valence-corrected chi connectivity index (χ0v) is 12.5. The SMILES string of the molecule is C#COc1ccc(S(=O)(=O)c2ccc(OC#CO)cc2)cc1.O. The van der Waals surface area contributed by atoms with Gasteiger partial charge in [-0.25, -0.2) is 8.42 Å². The summed E-state index contributed by atoms with van der Waals surface area (Å²) < 4.78 is 34.5. The van der Waals surface area contributed by atoms with Gasteiger partial charge < -0.3 is 20.1 Å². The van der Waals surface area contributed by atoms with E-state index < -0.39 is 9.84 Å². The zero-order valence-electron chi connectivity index (χ0n) is 11.7. The molecule has 0 aliphatic carbocycles. The minimum atomic E-state index is -3.66. The largest absolute Gasteiger partial charge is 0.460 e. The van der Waals surface area contributed by atoms with Gasteiger partial charge in [-0.3, -0.25) is 0 Å². The molecule has 0 heterocycles. The van der Waals surface area contributed by atoms with Crippen LogP contribution >= 0.6 is 0 Å².